The van der Waals surface area contributed by atoms with E-state index in [1.54, 1.807) is 17.0 Å². The standard InChI is InChI=1S/2C21H21FN4OS.C20H18ClFN4OS/c1-15-4-2-3-5-18(15)20(27)25-10-12-26(13-11-25)21-23-19(24-28-21)14-16-6-8-17(22)9-7-16;1-15-14-25(11-12-26(15)20(27)17-7-9-18(22)10-8-17)21-23-19(24-28-21)13-16-5-3-2-4-6-16;21-16-5-1-14(2-6-16)13-18-23-20(28-24-18)26-11-9-25(10-12-26)19(27)15-3-7-17(22)8-4-15/h2-9H,10-14H2,1H3;2-10,15H,11-14H2,1H3;1-8H,9-13H2. The van der Waals surface area contributed by atoms with E-state index in [4.69, 9.17) is 11.6 Å². The molecular formula is C62H60ClF3N12O3S3. The number of aryl methyl sites for hydroxylation is 1. The molecule has 0 aliphatic carbocycles. The largest absolute Gasteiger partial charge is 0.343 e. The number of piperazine rings is 3. The third-order valence-electron chi connectivity index (χ3n) is 14.5. The van der Waals surface area contributed by atoms with Gasteiger partial charge in [0.05, 0.1) is 0 Å². The van der Waals surface area contributed by atoms with Crippen LogP contribution in [0.3, 0.4) is 0 Å². The first-order valence-electron chi connectivity index (χ1n) is 27.5. The smallest absolute Gasteiger partial charge is 0.254 e. The molecule has 0 N–H and O–H groups in total. The van der Waals surface area contributed by atoms with Crippen LogP contribution < -0.4 is 14.7 Å². The summed E-state index contributed by atoms with van der Waals surface area (Å²) in [4.78, 5) is 64.0. The number of rotatable bonds is 12. The van der Waals surface area contributed by atoms with Crippen LogP contribution in [0.25, 0.3) is 0 Å². The van der Waals surface area contributed by atoms with Crippen molar-refractivity contribution in [1.82, 2.24) is 42.8 Å². The van der Waals surface area contributed by atoms with Crippen molar-refractivity contribution in [2.45, 2.75) is 39.2 Å². The van der Waals surface area contributed by atoms with Crippen molar-refractivity contribution in [3.63, 3.8) is 0 Å². The molecule has 6 aromatic carbocycles. The monoisotopic (exact) mass is 1210 g/mol. The zero-order chi connectivity index (χ0) is 58.5. The summed E-state index contributed by atoms with van der Waals surface area (Å²) in [6.45, 7) is 11.4. The van der Waals surface area contributed by atoms with Gasteiger partial charge in [0.2, 0.25) is 15.4 Å². The molecule has 0 radical (unpaired) electrons. The molecule has 3 aliphatic rings. The van der Waals surface area contributed by atoms with Crippen LogP contribution in [-0.2, 0) is 19.3 Å². The predicted octanol–water partition coefficient (Wildman–Crippen LogP) is 11.0. The number of carbonyl (C=O) groups is 3. The molecule has 0 saturated carbocycles. The molecule has 3 aromatic heterocycles. The molecule has 6 heterocycles. The van der Waals surface area contributed by atoms with Crippen LogP contribution in [0.5, 0.6) is 0 Å². The quantitative estimate of drug-likeness (QED) is 0.115. The molecule has 3 amide bonds. The van der Waals surface area contributed by atoms with Crippen LogP contribution in [0.15, 0.2) is 152 Å². The van der Waals surface area contributed by atoms with Gasteiger partial charge in [-0.15, -0.1) is 0 Å². The van der Waals surface area contributed by atoms with Crippen LogP contribution in [0.1, 0.15) is 77.7 Å². The molecule has 0 bridgehead atoms. The van der Waals surface area contributed by atoms with Crippen LogP contribution in [0.2, 0.25) is 5.02 Å². The highest BCUT2D eigenvalue weighted by Crippen LogP contribution is 2.26. The van der Waals surface area contributed by atoms with Crippen molar-refractivity contribution in [1.29, 1.82) is 0 Å². The van der Waals surface area contributed by atoms with Crippen LogP contribution >= 0.6 is 46.2 Å². The second-order valence-corrected chi connectivity index (χ2v) is 23.1. The van der Waals surface area contributed by atoms with Crippen molar-refractivity contribution < 1.29 is 27.6 Å². The molecule has 1 unspecified atom stereocenters. The molecule has 15 nitrogen and oxygen atoms in total. The van der Waals surface area contributed by atoms with E-state index in [9.17, 15) is 27.6 Å². The fraction of sp³-hybridized carbons (Fsp3) is 0.274. The van der Waals surface area contributed by atoms with E-state index in [0.717, 1.165) is 74.6 Å². The second-order valence-electron chi connectivity index (χ2n) is 20.4. The van der Waals surface area contributed by atoms with Crippen molar-refractivity contribution in [2.24, 2.45) is 0 Å². The molecule has 9 aromatic rings. The number of benzene rings is 6. The van der Waals surface area contributed by atoms with E-state index < -0.39 is 0 Å². The SMILES string of the molecule is CC1CN(c2nc(Cc3ccccc3)ns2)CCN1C(=O)c1ccc(F)cc1.Cc1ccccc1C(=O)N1CCN(c2nc(Cc3ccc(F)cc3)ns2)CC1.O=C(c1ccc(F)cc1)N1CCN(c2nc(Cc3ccc(Cl)cc3)ns2)CC1. The molecule has 12 rings (SSSR count). The zero-order valence-corrected chi connectivity index (χ0v) is 49.4. The molecule has 3 saturated heterocycles. The van der Waals surface area contributed by atoms with Gasteiger partial charge in [0.25, 0.3) is 17.7 Å². The Kier molecular flexibility index (Phi) is 19.7. The van der Waals surface area contributed by atoms with Crippen molar-refractivity contribution >= 4 is 79.3 Å². The van der Waals surface area contributed by atoms with Gasteiger partial charge in [-0.3, -0.25) is 14.4 Å². The Morgan fingerprint density at radius 1 is 0.464 bits per heavy atom. The summed E-state index contributed by atoms with van der Waals surface area (Å²) < 4.78 is 52.6. The molecule has 3 fully saturated rings. The fourth-order valence-corrected chi connectivity index (χ4v) is 12.2. The molecule has 432 valence electrons. The van der Waals surface area contributed by atoms with Gasteiger partial charge >= 0.3 is 0 Å². The number of amides is 3. The van der Waals surface area contributed by atoms with Crippen molar-refractivity contribution in [3.8, 4) is 0 Å². The van der Waals surface area contributed by atoms with Gasteiger partial charge < -0.3 is 29.4 Å². The maximum absolute atomic E-state index is 13.1. The van der Waals surface area contributed by atoms with Crippen LogP contribution in [-0.4, -0.2) is 139 Å². The Hall–Kier alpha value is -8.11. The van der Waals surface area contributed by atoms with Crippen molar-refractivity contribution in [2.75, 3.05) is 86.7 Å². The maximum atomic E-state index is 13.1. The van der Waals surface area contributed by atoms with E-state index in [2.05, 4.69) is 54.9 Å². The van der Waals surface area contributed by atoms with E-state index >= 15 is 0 Å². The van der Waals surface area contributed by atoms with Gasteiger partial charge in [-0.2, -0.15) is 13.1 Å². The lowest BCUT2D eigenvalue weighted by molar-refractivity contribution is 0.0672. The van der Waals surface area contributed by atoms with E-state index in [1.165, 1.54) is 101 Å². The highest BCUT2D eigenvalue weighted by atomic mass is 35.5. The number of hydrogen-bond donors (Lipinski definition) is 0. The summed E-state index contributed by atoms with van der Waals surface area (Å²) in [5.41, 5.74) is 6.09. The average molecular weight is 1210 g/mol. The number of anilines is 3. The summed E-state index contributed by atoms with van der Waals surface area (Å²) in [6, 6.07) is 43.4. The Morgan fingerprint density at radius 2 is 0.857 bits per heavy atom. The topological polar surface area (TPSA) is 148 Å². The molecule has 84 heavy (non-hydrogen) atoms. The minimum atomic E-state index is -0.341. The Bertz CT molecular complexity index is 3620. The number of halogens is 4. The lowest BCUT2D eigenvalue weighted by atomic mass is 10.1. The van der Waals surface area contributed by atoms with Gasteiger partial charge in [-0.25, -0.2) is 28.1 Å². The van der Waals surface area contributed by atoms with Crippen LogP contribution in [0.4, 0.5) is 28.6 Å². The van der Waals surface area contributed by atoms with Gasteiger partial charge in [0.1, 0.15) is 34.9 Å². The number of aromatic nitrogens is 6. The predicted molar refractivity (Wildman–Crippen MR) is 325 cm³/mol. The number of nitrogens with zero attached hydrogens (tertiary/aromatic N) is 12. The number of hydrogen-bond acceptors (Lipinski definition) is 15. The van der Waals surface area contributed by atoms with Gasteiger partial charge in [-0.05, 0) is 115 Å². The van der Waals surface area contributed by atoms with Gasteiger partial charge in [-0.1, -0.05) is 84.4 Å². The van der Waals surface area contributed by atoms with Crippen molar-refractivity contribution in [3.05, 3.63) is 231 Å². The highest BCUT2D eigenvalue weighted by molar-refractivity contribution is 7.10. The van der Waals surface area contributed by atoms with Crippen LogP contribution in [0, 0.1) is 24.4 Å². The van der Waals surface area contributed by atoms with E-state index in [-0.39, 0.29) is 41.2 Å². The molecule has 0 spiro atoms. The van der Waals surface area contributed by atoms with E-state index in [0.29, 0.717) is 87.9 Å². The first-order valence-corrected chi connectivity index (χ1v) is 30.2. The average Bonchev–Trinajstić information content (AvgIpc) is 4.49. The summed E-state index contributed by atoms with van der Waals surface area (Å²) in [5, 5.41) is 3.35. The van der Waals surface area contributed by atoms with E-state index in [1.807, 2.05) is 90.4 Å². The summed E-state index contributed by atoms with van der Waals surface area (Å²) in [6.07, 6.45) is 1.97. The third-order valence-corrected chi connectivity index (χ3v) is 17.2. The third kappa shape index (κ3) is 15.5. The number of carbonyl (C=O) groups excluding carboxylic acids is 3. The summed E-state index contributed by atoms with van der Waals surface area (Å²) in [7, 11) is 0. The summed E-state index contributed by atoms with van der Waals surface area (Å²) in [5.74, 6) is 1.39. The normalized spacial score (nSPS) is 15.2. The lowest BCUT2D eigenvalue weighted by Crippen LogP contribution is -2.54. The second kappa shape index (κ2) is 28.0. The molecule has 3 aliphatic heterocycles. The Balaban J connectivity index is 0.000000140. The molecule has 22 heteroatoms. The maximum Gasteiger partial charge on any atom is 0.254 e. The Labute approximate surface area is 503 Å². The minimum Gasteiger partial charge on any atom is -0.343 e. The lowest BCUT2D eigenvalue weighted by Gasteiger charge is -2.39. The minimum absolute atomic E-state index is 0.0350. The molecular weight excluding hydrogens is 1150 g/mol. The molecule has 1 atom stereocenters. The highest BCUT2D eigenvalue weighted by Gasteiger charge is 2.31. The first kappa shape index (κ1) is 59.1. The summed E-state index contributed by atoms with van der Waals surface area (Å²) >= 11 is 10.1. The fourth-order valence-electron chi connectivity index (χ4n) is 9.83. The van der Waals surface area contributed by atoms with Gasteiger partial charge in [0, 0.05) is 154 Å². The van der Waals surface area contributed by atoms with Gasteiger partial charge in [0.15, 0.2) is 0 Å². The Morgan fingerprint density at radius 3 is 1.33 bits per heavy atom. The zero-order valence-electron chi connectivity index (χ0n) is 46.2. The first-order chi connectivity index (χ1) is 40.8.